The highest BCUT2D eigenvalue weighted by molar-refractivity contribution is 5.85. The molecule has 14 heavy (non-hydrogen) atoms. The number of fused-ring (bicyclic) bond motifs is 5. The van der Waals surface area contributed by atoms with Crippen LogP contribution in [-0.4, -0.2) is 11.3 Å². The van der Waals surface area contributed by atoms with Crippen LogP contribution >= 0.6 is 0 Å². The molecule has 3 saturated carbocycles. The summed E-state index contributed by atoms with van der Waals surface area (Å²) >= 11 is 0. The zero-order valence-corrected chi connectivity index (χ0v) is 8.88. The third-order valence-electron chi connectivity index (χ3n) is 5.48. The number of carbonyl (C=O) groups excluding carboxylic acids is 1. The van der Waals surface area contributed by atoms with E-state index in [0.29, 0.717) is 17.6 Å². The van der Waals surface area contributed by atoms with E-state index in [4.69, 9.17) is 5.73 Å². The smallest absolute Gasteiger partial charge is 0.138 e. The van der Waals surface area contributed by atoms with Gasteiger partial charge in [-0.1, -0.05) is 6.42 Å². The van der Waals surface area contributed by atoms with Crippen LogP contribution in [0.4, 0.5) is 0 Å². The Hall–Kier alpha value is -0.370. The molecule has 3 aliphatic carbocycles. The van der Waals surface area contributed by atoms with Crippen LogP contribution in [0.5, 0.6) is 0 Å². The van der Waals surface area contributed by atoms with Crippen molar-refractivity contribution in [3.05, 3.63) is 0 Å². The minimum atomic E-state index is -0.109. The molecule has 0 heterocycles. The maximum atomic E-state index is 12.0. The van der Waals surface area contributed by atoms with Crippen LogP contribution in [0, 0.1) is 17.3 Å². The van der Waals surface area contributed by atoms with E-state index >= 15 is 0 Å². The average Bonchev–Trinajstić information content (AvgIpc) is 2.71. The average molecular weight is 193 g/mol. The van der Waals surface area contributed by atoms with Gasteiger partial charge in [0.2, 0.25) is 0 Å². The van der Waals surface area contributed by atoms with Crippen LogP contribution in [-0.2, 0) is 4.79 Å². The number of hydrogen-bond donors (Lipinski definition) is 1. The minimum absolute atomic E-state index is 0.101. The van der Waals surface area contributed by atoms with Gasteiger partial charge in [-0.25, -0.2) is 0 Å². The van der Waals surface area contributed by atoms with Crippen LogP contribution in [0.3, 0.4) is 0 Å². The highest BCUT2D eigenvalue weighted by atomic mass is 16.1. The fourth-order valence-electron chi connectivity index (χ4n) is 4.96. The maximum Gasteiger partial charge on any atom is 0.138 e. The van der Waals surface area contributed by atoms with E-state index in [1.54, 1.807) is 6.92 Å². The molecule has 78 valence electrons. The van der Waals surface area contributed by atoms with Gasteiger partial charge in [0.1, 0.15) is 5.78 Å². The summed E-state index contributed by atoms with van der Waals surface area (Å²) in [5.74, 6) is 1.65. The van der Waals surface area contributed by atoms with Gasteiger partial charge in [0.15, 0.2) is 0 Å². The lowest BCUT2D eigenvalue weighted by atomic mass is 9.61. The van der Waals surface area contributed by atoms with Crippen LogP contribution in [0.2, 0.25) is 0 Å². The lowest BCUT2D eigenvalue weighted by Crippen LogP contribution is -2.58. The third kappa shape index (κ3) is 0.690. The SMILES string of the molecule is CC(=O)C12CCCC1(N)C1CCC2C1. The van der Waals surface area contributed by atoms with Crippen LogP contribution in [0.15, 0.2) is 0 Å². The predicted molar refractivity (Wildman–Crippen MR) is 54.7 cm³/mol. The first-order chi connectivity index (χ1) is 6.61. The van der Waals surface area contributed by atoms with Gasteiger partial charge < -0.3 is 5.73 Å². The number of hydrogen-bond acceptors (Lipinski definition) is 2. The molecule has 2 nitrogen and oxygen atoms in total. The molecule has 0 aromatic carbocycles. The van der Waals surface area contributed by atoms with Gasteiger partial charge >= 0.3 is 0 Å². The van der Waals surface area contributed by atoms with Gasteiger partial charge in [0.25, 0.3) is 0 Å². The number of ketones is 1. The Morgan fingerprint density at radius 2 is 2.00 bits per heavy atom. The summed E-state index contributed by atoms with van der Waals surface area (Å²) in [7, 11) is 0. The second-order valence-electron chi connectivity index (χ2n) is 5.63. The van der Waals surface area contributed by atoms with Gasteiger partial charge in [-0.3, -0.25) is 4.79 Å². The van der Waals surface area contributed by atoms with Crippen molar-refractivity contribution >= 4 is 5.78 Å². The molecule has 4 atom stereocenters. The van der Waals surface area contributed by atoms with E-state index in [9.17, 15) is 4.79 Å². The van der Waals surface area contributed by atoms with Crippen LogP contribution in [0.25, 0.3) is 0 Å². The summed E-state index contributed by atoms with van der Waals surface area (Å²) in [6.45, 7) is 1.77. The van der Waals surface area contributed by atoms with E-state index in [1.165, 1.54) is 25.7 Å². The monoisotopic (exact) mass is 193 g/mol. The van der Waals surface area contributed by atoms with Crippen LogP contribution in [0.1, 0.15) is 45.4 Å². The largest absolute Gasteiger partial charge is 0.324 e. The van der Waals surface area contributed by atoms with E-state index < -0.39 is 0 Å². The molecule has 2 heteroatoms. The van der Waals surface area contributed by atoms with Crippen molar-refractivity contribution in [3.8, 4) is 0 Å². The van der Waals surface area contributed by atoms with Crippen molar-refractivity contribution < 1.29 is 4.79 Å². The lowest BCUT2D eigenvalue weighted by Gasteiger charge is -2.45. The standard InChI is InChI=1S/C12H19NO/c1-8(14)11-5-2-6-12(11,13)10-4-3-9(11)7-10/h9-10H,2-7,13H2,1H3. The van der Waals surface area contributed by atoms with Crippen LogP contribution < -0.4 is 5.73 Å². The highest BCUT2D eigenvalue weighted by Crippen LogP contribution is 2.67. The molecule has 3 aliphatic rings. The number of nitrogens with two attached hydrogens (primary N) is 1. The Morgan fingerprint density at radius 3 is 2.64 bits per heavy atom. The summed E-state index contributed by atoms with van der Waals surface area (Å²) in [5.41, 5.74) is 6.35. The molecule has 0 spiro atoms. The van der Waals surface area contributed by atoms with Crippen molar-refractivity contribution in [1.29, 1.82) is 0 Å². The molecule has 0 aromatic rings. The Bertz CT molecular complexity index is 301. The number of Topliss-reactive ketones (excluding diaryl/α,β-unsaturated/α-hetero) is 1. The predicted octanol–water partition coefficient (Wildman–Crippen LogP) is 1.87. The normalized spacial score (nSPS) is 55.0. The summed E-state index contributed by atoms with van der Waals surface area (Å²) in [5, 5.41) is 0. The second-order valence-corrected chi connectivity index (χ2v) is 5.63. The maximum absolute atomic E-state index is 12.0. The molecule has 0 amide bonds. The molecule has 2 bridgehead atoms. The summed E-state index contributed by atoms with van der Waals surface area (Å²) in [6, 6.07) is 0. The molecule has 0 aromatic heterocycles. The van der Waals surface area contributed by atoms with Crippen molar-refractivity contribution in [1.82, 2.24) is 0 Å². The molecular weight excluding hydrogens is 174 g/mol. The summed E-state index contributed by atoms with van der Waals surface area (Å²) in [4.78, 5) is 12.0. The first kappa shape index (κ1) is 8.90. The van der Waals surface area contributed by atoms with Gasteiger partial charge in [0, 0.05) is 11.0 Å². The van der Waals surface area contributed by atoms with E-state index in [0.717, 1.165) is 12.8 Å². The zero-order valence-electron chi connectivity index (χ0n) is 8.88. The minimum Gasteiger partial charge on any atom is -0.324 e. The molecule has 2 N–H and O–H groups in total. The molecule has 3 fully saturated rings. The lowest BCUT2D eigenvalue weighted by molar-refractivity contribution is -0.132. The highest BCUT2D eigenvalue weighted by Gasteiger charge is 2.69. The molecule has 0 saturated heterocycles. The fourth-order valence-corrected chi connectivity index (χ4v) is 4.96. The third-order valence-corrected chi connectivity index (χ3v) is 5.48. The van der Waals surface area contributed by atoms with Gasteiger partial charge in [0.05, 0.1) is 0 Å². The summed E-state index contributed by atoms with van der Waals surface area (Å²) in [6.07, 6.45) is 7.09. The Morgan fingerprint density at radius 1 is 1.29 bits per heavy atom. The number of rotatable bonds is 1. The van der Waals surface area contributed by atoms with E-state index in [2.05, 4.69) is 0 Å². The first-order valence-electron chi connectivity index (χ1n) is 5.91. The van der Waals surface area contributed by atoms with Crippen molar-refractivity contribution in [3.63, 3.8) is 0 Å². The van der Waals surface area contributed by atoms with E-state index in [1.807, 2.05) is 0 Å². The molecule has 0 aliphatic heterocycles. The van der Waals surface area contributed by atoms with Gasteiger partial charge in [-0.05, 0) is 50.9 Å². The Labute approximate surface area is 85.2 Å². The molecule has 3 rings (SSSR count). The number of carbonyl (C=O) groups is 1. The molecular formula is C12H19NO. The van der Waals surface area contributed by atoms with E-state index in [-0.39, 0.29) is 11.0 Å². The molecule has 0 radical (unpaired) electrons. The zero-order chi connectivity index (χ0) is 9.97. The molecule has 4 unspecified atom stereocenters. The van der Waals surface area contributed by atoms with Crippen molar-refractivity contribution in [2.75, 3.05) is 0 Å². The van der Waals surface area contributed by atoms with Gasteiger partial charge in [-0.15, -0.1) is 0 Å². The van der Waals surface area contributed by atoms with Crippen molar-refractivity contribution in [2.45, 2.75) is 51.0 Å². The fraction of sp³-hybridized carbons (Fsp3) is 0.917. The Kier molecular flexibility index (Phi) is 1.53. The topological polar surface area (TPSA) is 43.1 Å². The van der Waals surface area contributed by atoms with Crippen molar-refractivity contribution in [2.24, 2.45) is 23.0 Å². The second kappa shape index (κ2) is 2.41. The Balaban J connectivity index is 2.13. The van der Waals surface area contributed by atoms with Gasteiger partial charge in [-0.2, -0.15) is 0 Å². The first-order valence-corrected chi connectivity index (χ1v) is 5.91. The quantitative estimate of drug-likeness (QED) is 0.691. The summed E-state index contributed by atoms with van der Waals surface area (Å²) < 4.78 is 0.